The Morgan fingerprint density at radius 3 is 2.78 bits per heavy atom. The molecule has 2 aromatic carbocycles. The number of nitriles is 1. The lowest BCUT2D eigenvalue weighted by Crippen LogP contribution is -2.23. The summed E-state index contributed by atoms with van der Waals surface area (Å²) in [6.45, 7) is 3.82. The molecular formula is C22H19N3O2. The maximum atomic E-state index is 12.1. The lowest BCUT2D eigenvalue weighted by atomic mass is 9.80. The molecule has 27 heavy (non-hydrogen) atoms. The highest BCUT2D eigenvalue weighted by molar-refractivity contribution is 5.80. The Labute approximate surface area is 156 Å². The van der Waals surface area contributed by atoms with Crippen LogP contribution in [0.3, 0.4) is 0 Å². The topological polar surface area (TPSA) is 82.7 Å². The normalized spacial score (nSPS) is 13.5. The number of aromatic amines is 1. The van der Waals surface area contributed by atoms with E-state index >= 15 is 0 Å². The number of nitrogens with one attached hydrogen (secondary N) is 1. The highest BCUT2D eigenvalue weighted by atomic mass is 16.3. The molecule has 5 heteroatoms. The van der Waals surface area contributed by atoms with Gasteiger partial charge < -0.3 is 9.40 Å². The lowest BCUT2D eigenvalue weighted by Gasteiger charge is -2.21. The maximum absolute atomic E-state index is 12.1. The predicted octanol–water partition coefficient (Wildman–Crippen LogP) is 4.26. The van der Waals surface area contributed by atoms with Gasteiger partial charge in [-0.05, 0) is 48.6 Å². The molecule has 2 heterocycles. The molecule has 5 nitrogen and oxygen atoms in total. The predicted molar refractivity (Wildman–Crippen MR) is 105 cm³/mol. The zero-order valence-electron chi connectivity index (χ0n) is 15.2. The summed E-state index contributed by atoms with van der Waals surface area (Å²) in [5, 5.41) is 10.8. The summed E-state index contributed by atoms with van der Waals surface area (Å²) in [7, 11) is 0. The molecule has 2 aromatic heterocycles. The van der Waals surface area contributed by atoms with Crippen LogP contribution in [0.5, 0.6) is 0 Å². The summed E-state index contributed by atoms with van der Waals surface area (Å²) in [4.78, 5) is 19.6. The quantitative estimate of drug-likeness (QED) is 0.592. The summed E-state index contributed by atoms with van der Waals surface area (Å²) in [5.74, 6) is 0.523. The Hall–Kier alpha value is -3.39. The minimum atomic E-state index is -0.824. The largest absolute Gasteiger partial charge is 0.441 e. The van der Waals surface area contributed by atoms with Gasteiger partial charge in [-0.2, -0.15) is 5.26 Å². The van der Waals surface area contributed by atoms with Crippen molar-refractivity contribution in [3.63, 3.8) is 0 Å². The monoisotopic (exact) mass is 357 g/mol. The molecule has 134 valence electrons. The van der Waals surface area contributed by atoms with Gasteiger partial charge in [-0.25, -0.2) is 4.98 Å². The minimum absolute atomic E-state index is 0.0836. The SMILES string of the molecule is CCc1cc2ccc(C(C)(C#N)Cc3nc4ccccc4o3)cc2[nH]c1=O. The molecule has 1 atom stereocenters. The van der Waals surface area contributed by atoms with Crippen molar-refractivity contribution in [2.45, 2.75) is 32.1 Å². The Balaban J connectivity index is 1.76. The zero-order chi connectivity index (χ0) is 19.0. The van der Waals surface area contributed by atoms with Crippen molar-refractivity contribution >= 4 is 22.0 Å². The van der Waals surface area contributed by atoms with Gasteiger partial charge in [-0.15, -0.1) is 0 Å². The number of fused-ring (bicyclic) bond motifs is 2. The van der Waals surface area contributed by atoms with E-state index in [-0.39, 0.29) is 5.56 Å². The van der Waals surface area contributed by atoms with Gasteiger partial charge in [0.1, 0.15) is 5.52 Å². The van der Waals surface area contributed by atoms with Crippen molar-refractivity contribution in [1.29, 1.82) is 5.26 Å². The van der Waals surface area contributed by atoms with Crippen molar-refractivity contribution in [1.82, 2.24) is 9.97 Å². The highest BCUT2D eigenvalue weighted by Gasteiger charge is 2.30. The minimum Gasteiger partial charge on any atom is -0.441 e. The number of hydrogen-bond acceptors (Lipinski definition) is 4. The van der Waals surface area contributed by atoms with Gasteiger partial charge in [0.05, 0.1) is 11.5 Å². The number of para-hydroxylation sites is 2. The van der Waals surface area contributed by atoms with E-state index in [2.05, 4.69) is 16.0 Å². The number of benzene rings is 2. The van der Waals surface area contributed by atoms with Gasteiger partial charge in [0.2, 0.25) is 0 Å². The number of aromatic nitrogens is 2. The summed E-state index contributed by atoms with van der Waals surface area (Å²) in [5.41, 5.74) is 2.89. The van der Waals surface area contributed by atoms with Crippen LogP contribution in [0.15, 0.2) is 57.7 Å². The molecule has 0 radical (unpaired) electrons. The van der Waals surface area contributed by atoms with Crippen LogP contribution in [0.2, 0.25) is 0 Å². The second-order valence-corrected chi connectivity index (χ2v) is 6.98. The fourth-order valence-corrected chi connectivity index (χ4v) is 3.36. The molecule has 1 unspecified atom stereocenters. The van der Waals surface area contributed by atoms with Crippen LogP contribution in [0, 0.1) is 11.3 Å². The Morgan fingerprint density at radius 1 is 1.22 bits per heavy atom. The van der Waals surface area contributed by atoms with Crippen molar-refractivity contribution in [2.24, 2.45) is 0 Å². The van der Waals surface area contributed by atoms with Crippen LogP contribution in [-0.4, -0.2) is 9.97 Å². The average Bonchev–Trinajstić information content (AvgIpc) is 3.08. The number of H-pyrrole nitrogens is 1. The zero-order valence-corrected chi connectivity index (χ0v) is 15.2. The van der Waals surface area contributed by atoms with E-state index in [9.17, 15) is 10.1 Å². The van der Waals surface area contributed by atoms with Gasteiger partial charge >= 0.3 is 0 Å². The number of nitrogens with zero attached hydrogens (tertiary/aromatic N) is 2. The van der Waals surface area contributed by atoms with E-state index < -0.39 is 5.41 Å². The highest BCUT2D eigenvalue weighted by Crippen LogP contribution is 2.30. The molecule has 4 rings (SSSR count). The van der Waals surface area contributed by atoms with Gasteiger partial charge in [0.25, 0.3) is 5.56 Å². The number of hydrogen-bond donors (Lipinski definition) is 1. The third-order valence-electron chi connectivity index (χ3n) is 5.03. The molecule has 0 aliphatic carbocycles. The molecule has 0 bridgehead atoms. The molecule has 0 aliphatic rings. The Morgan fingerprint density at radius 2 is 2.04 bits per heavy atom. The van der Waals surface area contributed by atoms with Crippen LogP contribution in [0.4, 0.5) is 0 Å². The Kier molecular flexibility index (Phi) is 4.04. The van der Waals surface area contributed by atoms with E-state index in [0.29, 0.717) is 24.3 Å². The number of oxazole rings is 1. The first-order valence-corrected chi connectivity index (χ1v) is 8.94. The molecule has 0 saturated heterocycles. The maximum Gasteiger partial charge on any atom is 0.251 e. The van der Waals surface area contributed by atoms with E-state index in [1.54, 1.807) is 0 Å². The number of rotatable bonds is 4. The molecule has 0 fully saturated rings. The molecule has 0 aliphatic heterocycles. The molecule has 0 amide bonds. The molecule has 0 saturated carbocycles. The van der Waals surface area contributed by atoms with Gasteiger partial charge in [-0.3, -0.25) is 4.79 Å². The molecule has 1 N–H and O–H groups in total. The van der Waals surface area contributed by atoms with E-state index in [0.717, 1.165) is 27.5 Å². The van der Waals surface area contributed by atoms with Gasteiger partial charge in [0.15, 0.2) is 11.5 Å². The van der Waals surface area contributed by atoms with Crippen molar-refractivity contribution in [2.75, 3.05) is 0 Å². The van der Waals surface area contributed by atoms with Crippen LogP contribution < -0.4 is 5.56 Å². The molecular weight excluding hydrogens is 338 g/mol. The molecule has 4 aromatic rings. The fourth-order valence-electron chi connectivity index (χ4n) is 3.36. The van der Waals surface area contributed by atoms with Crippen LogP contribution >= 0.6 is 0 Å². The second-order valence-electron chi connectivity index (χ2n) is 6.98. The standard InChI is InChI=1S/C22H19N3O2/c1-3-14-10-15-8-9-16(11-18(15)25-21(14)26)22(2,13-23)12-20-24-17-6-4-5-7-19(17)27-20/h4-11H,3,12H2,1-2H3,(H,25,26). The smallest absolute Gasteiger partial charge is 0.251 e. The van der Waals surface area contributed by atoms with Crippen molar-refractivity contribution in [3.05, 3.63) is 75.9 Å². The summed E-state index contributed by atoms with van der Waals surface area (Å²) < 4.78 is 5.80. The molecule has 0 spiro atoms. The second kappa shape index (κ2) is 6.40. The third-order valence-corrected chi connectivity index (χ3v) is 5.03. The summed E-state index contributed by atoms with van der Waals surface area (Å²) in [6.07, 6.45) is 1.03. The Bertz CT molecular complexity index is 1210. The van der Waals surface area contributed by atoms with E-state index in [1.807, 2.05) is 62.4 Å². The summed E-state index contributed by atoms with van der Waals surface area (Å²) >= 11 is 0. The average molecular weight is 357 g/mol. The van der Waals surface area contributed by atoms with Gasteiger partial charge in [-0.1, -0.05) is 31.2 Å². The van der Waals surface area contributed by atoms with Crippen LogP contribution in [0.1, 0.15) is 30.9 Å². The number of aryl methyl sites for hydroxylation is 1. The van der Waals surface area contributed by atoms with Crippen molar-refractivity contribution < 1.29 is 4.42 Å². The van der Waals surface area contributed by atoms with Crippen molar-refractivity contribution in [3.8, 4) is 6.07 Å². The fraction of sp³-hybridized carbons (Fsp3) is 0.227. The lowest BCUT2D eigenvalue weighted by molar-refractivity contribution is 0.470. The van der Waals surface area contributed by atoms with Crippen LogP contribution in [-0.2, 0) is 18.3 Å². The van der Waals surface area contributed by atoms with Crippen LogP contribution in [0.25, 0.3) is 22.0 Å². The number of pyridine rings is 1. The first-order valence-electron chi connectivity index (χ1n) is 8.94. The van der Waals surface area contributed by atoms with E-state index in [1.165, 1.54) is 0 Å². The van der Waals surface area contributed by atoms with E-state index in [4.69, 9.17) is 4.42 Å². The first-order chi connectivity index (χ1) is 13.0. The van der Waals surface area contributed by atoms with Gasteiger partial charge in [0, 0.05) is 17.5 Å². The first kappa shape index (κ1) is 17.0. The third kappa shape index (κ3) is 3.00. The summed E-state index contributed by atoms with van der Waals surface area (Å²) in [6, 6.07) is 17.6.